The van der Waals surface area contributed by atoms with E-state index in [1.165, 1.54) is 0 Å². The summed E-state index contributed by atoms with van der Waals surface area (Å²) in [6.07, 6.45) is 1.79. The number of nitrogens with zero attached hydrogens (tertiary/aromatic N) is 3. The number of nitrogens with two attached hydrogens (primary N) is 1. The molecule has 0 saturated carbocycles. The Balaban J connectivity index is 2.30. The molecule has 0 unspecified atom stereocenters. The number of hydrogen-bond donors (Lipinski definition) is 1. The minimum atomic E-state index is 0.646. The van der Waals surface area contributed by atoms with Gasteiger partial charge in [-0.1, -0.05) is 24.3 Å². The fraction of sp³-hybridized carbons (Fsp3) is 0.0769. The third kappa shape index (κ3) is 1.54. The van der Waals surface area contributed by atoms with Crippen LogP contribution in [0.25, 0.3) is 22.2 Å². The molecule has 0 aliphatic rings. The highest BCUT2D eigenvalue weighted by atomic mass is 15.3. The van der Waals surface area contributed by atoms with Crippen LogP contribution in [0.5, 0.6) is 0 Å². The van der Waals surface area contributed by atoms with Gasteiger partial charge in [-0.25, -0.2) is 0 Å². The van der Waals surface area contributed by atoms with E-state index < -0.39 is 0 Å². The van der Waals surface area contributed by atoms with Crippen LogP contribution in [-0.2, 0) is 7.05 Å². The van der Waals surface area contributed by atoms with E-state index >= 15 is 0 Å². The maximum atomic E-state index is 5.80. The number of aryl methyl sites for hydroxylation is 1. The first-order valence-corrected chi connectivity index (χ1v) is 5.39. The lowest BCUT2D eigenvalue weighted by molar-refractivity contribution is 0.782. The lowest BCUT2D eigenvalue weighted by atomic mass is 10.1. The lowest BCUT2D eigenvalue weighted by Crippen LogP contribution is -1.96. The van der Waals surface area contributed by atoms with Crippen LogP contribution in [0.4, 0.5) is 5.82 Å². The van der Waals surface area contributed by atoms with Gasteiger partial charge in [-0.15, -0.1) is 0 Å². The van der Waals surface area contributed by atoms with Gasteiger partial charge in [0.1, 0.15) is 5.82 Å². The number of fused-ring (bicyclic) bond motifs is 1. The molecule has 0 fully saturated rings. The highest BCUT2D eigenvalue weighted by Gasteiger charge is 2.08. The Morgan fingerprint density at radius 3 is 2.76 bits per heavy atom. The minimum absolute atomic E-state index is 0.646. The summed E-state index contributed by atoms with van der Waals surface area (Å²) in [5, 5.41) is 5.49. The van der Waals surface area contributed by atoms with Gasteiger partial charge in [0.2, 0.25) is 0 Å². The molecule has 2 N–H and O–H groups in total. The van der Waals surface area contributed by atoms with E-state index in [0.717, 1.165) is 22.2 Å². The van der Waals surface area contributed by atoms with Gasteiger partial charge in [-0.2, -0.15) is 5.10 Å². The predicted octanol–water partition coefficient (Wildman–Crippen LogP) is 2.22. The molecule has 3 aromatic rings. The van der Waals surface area contributed by atoms with Crippen molar-refractivity contribution in [1.82, 2.24) is 14.8 Å². The number of nitrogen functional groups attached to an aromatic ring is 1. The standard InChI is InChI=1S/C13H12N4/c1-17-12(14)8-11(16-17)10-6-2-4-9-5-3-7-15-13(9)10/h2-8H,14H2,1H3. The number of hydrogen-bond acceptors (Lipinski definition) is 3. The number of benzene rings is 1. The van der Waals surface area contributed by atoms with E-state index in [0.29, 0.717) is 5.82 Å². The van der Waals surface area contributed by atoms with Crippen molar-refractivity contribution >= 4 is 16.7 Å². The smallest absolute Gasteiger partial charge is 0.121 e. The molecule has 4 nitrogen and oxygen atoms in total. The lowest BCUT2D eigenvalue weighted by Gasteiger charge is -2.01. The monoisotopic (exact) mass is 224 g/mol. The van der Waals surface area contributed by atoms with E-state index in [-0.39, 0.29) is 0 Å². The van der Waals surface area contributed by atoms with Crippen LogP contribution in [0.1, 0.15) is 0 Å². The molecule has 0 amide bonds. The van der Waals surface area contributed by atoms with Crippen molar-refractivity contribution in [2.45, 2.75) is 0 Å². The van der Waals surface area contributed by atoms with Crippen LogP contribution in [0, 0.1) is 0 Å². The maximum Gasteiger partial charge on any atom is 0.121 e. The normalized spacial score (nSPS) is 10.9. The zero-order valence-corrected chi connectivity index (χ0v) is 9.46. The fourth-order valence-electron chi connectivity index (χ4n) is 1.92. The topological polar surface area (TPSA) is 56.7 Å². The third-order valence-electron chi connectivity index (χ3n) is 2.82. The maximum absolute atomic E-state index is 5.80. The quantitative estimate of drug-likeness (QED) is 0.689. The van der Waals surface area contributed by atoms with Gasteiger partial charge < -0.3 is 5.73 Å². The second kappa shape index (κ2) is 3.59. The first kappa shape index (κ1) is 9.84. The molecule has 0 saturated heterocycles. The molecule has 0 aliphatic heterocycles. The van der Waals surface area contributed by atoms with Crippen LogP contribution in [0.2, 0.25) is 0 Å². The highest BCUT2D eigenvalue weighted by molar-refractivity contribution is 5.92. The minimum Gasteiger partial charge on any atom is -0.384 e. The van der Waals surface area contributed by atoms with Crippen LogP contribution in [0.3, 0.4) is 0 Å². The fourth-order valence-corrected chi connectivity index (χ4v) is 1.92. The highest BCUT2D eigenvalue weighted by Crippen LogP contribution is 2.26. The van der Waals surface area contributed by atoms with Crippen molar-refractivity contribution < 1.29 is 0 Å². The first-order valence-electron chi connectivity index (χ1n) is 5.39. The summed E-state index contributed by atoms with van der Waals surface area (Å²) in [4.78, 5) is 4.41. The van der Waals surface area contributed by atoms with E-state index in [2.05, 4.69) is 10.1 Å². The number of rotatable bonds is 1. The summed E-state index contributed by atoms with van der Waals surface area (Å²) in [6.45, 7) is 0. The second-order valence-corrected chi connectivity index (χ2v) is 3.96. The zero-order chi connectivity index (χ0) is 11.8. The van der Waals surface area contributed by atoms with Gasteiger partial charge in [0.15, 0.2) is 0 Å². The first-order chi connectivity index (χ1) is 8.25. The van der Waals surface area contributed by atoms with Gasteiger partial charge in [0, 0.05) is 30.3 Å². The van der Waals surface area contributed by atoms with Gasteiger partial charge >= 0.3 is 0 Å². The number of pyridine rings is 1. The molecular weight excluding hydrogens is 212 g/mol. The average Bonchev–Trinajstić information content (AvgIpc) is 2.69. The summed E-state index contributed by atoms with van der Waals surface area (Å²) >= 11 is 0. The largest absolute Gasteiger partial charge is 0.384 e. The average molecular weight is 224 g/mol. The summed E-state index contributed by atoms with van der Waals surface area (Å²) in [7, 11) is 1.83. The molecule has 0 spiro atoms. The molecule has 84 valence electrons. The van der Waals surface area contributed by atoms with Crippen molar-refractivity contribution in [2.75, 3.05) is 5.73 Å². The summed E-state index contributed by atoms with van der Waals surface area (Å²) < 4.78 is 1.66. The summed E-state index contributed by atoms with van der Waals surface area (Å²) in [5.41, 5.74) is 8.62. The molecule has 0 bridgehead atoms. The Bertz CT molecular complexity index is 660. The molecule has 0 radical (unpaired) electrons. The third-order valence-corrected chi connectivity index (χ3v) is 2.82. The van der Waals surface area contributed by atoms with Crippen molar-refractivity contribution in [3.63, 3.8) is 0 Å². The van der Waals surface area contributed by atoms with Gasteiger partial charge in [-0.3, -0.25) is 9.67 Å². The molecule has 17 heavy (non-hydrogen) atoms. The van der Waals surface area contributed by atoms with Crippen molar-refractivity contribution in [3.8, 4) is 11.3 Å². The molecule has 0 atom stereocenters. The van der Waals surface area contributed by atoms with Gasteiger partial charge in [0.05, 0.1) is 11.2 Å². The van der Waals surface area contributed by atoms with E-state index in [1.807, 2.05) is 43.4 Å². The second-order valence-electron chi connectivity index (χ2n) is 3.96. The van der Waals surface area contributed by atoms with Gasteiger partial charge in [-0.05, 0) is 6.07 Å². The number of anilines is 1. The molecule has 3 rings (SSSR count). The summed E-state index contributed by atoms with van der Waals surface area (Å²) in [6, 6.07) is 11.9. The number of para-hydroxylation sites is 1. The Hall–Kier alpha value is -2.36. The van der Waals surface area contributed by atoms with Gasteiger partial charge in [0.25, 0.3) is 0 Å². The van der Waals surface area contributed by atoms with Crippen LogP contribution < -0.4 is 5.73 Å². The van der Waals surface area contributed by atoms with E-state index in [1.54, 1.807) is 10.9 Å². The summed E-state index contributed by atoms with van der Waals surface area (Å²) in [5.74, 6) is 0.646. The Labute approximate surface area is 98.7 Å². The molecule has 1 aromatic carbocycles. The Morgan fingerprint density at radius 1 is 1.18 bits per heavy atom. The molecular formula is C13H12N4. The molecule has 0 aliphatic carbocycles. The van der Waals surface area contributed by atoms with E-state index in [4.69, 9.17) is 5.73 Å². The van der Waals surface area contributed by atoms with Crippen LogP contribution in [0.15, 0.2) is 42.6 Å². The Kier molecular flexibility index (Phi) is 2.08. The zero-order valence-electron chi connectivity index (χ0n) is 9.46. The van der Waals surface area contributed by atoms with Crippen molar-refractivity contribution in [2.24, 2.45) is 7.05 Å². The van der Waals surface area contributed by atoms with E-state index in [9.17, 15) is 0 Å². The van der Waals surface area contributed by atoms with Crippen molar-refractivity contribution in [1.29, 1.82) is 0 Å². The molecule has 2 aromatic heterocycles. The van der Waals surface area contributed by atoms with Crippen LogP contribution in [-0.4, -0.2) is 14.8 Å². The SMILES string of the molecule is Cn1nc(-c2cccc3cccnc23)cc1N. The Morgan fingerprint density at radius 2 is 2.00 bits per heavy atom. The van der Waals surface area contributed by atoms with Crippen molar-refractivity contribution in [3.05, 3.63) is 42.6 Å². The predicted molar refractivity (Wildman–Crippen MR) is 68.4 cm³/mol. The van der Waals surface area contributed by atoms with Crippen LogP contribution >= 0.6 is 0 Å². The number of aromatic nitrogens is 3. The molecule has 2 heterocycles. The molecule has 4 heteroatoms.